The van der Waals surface area contributed by atoms with Crippen LogP contribution < -0.4 is 10.9 Å². The predicted octanol–water partition coefficient (Wildman–Crippen LogP) is 3.35. The molecule has 6 nitrogen and oxygen atoms in total. The Morgan fingerprint density at radius 2 is 2.04 bits per heavy atom. The normalized spacial score (nSPS) is 12.0. The van der Waals surface area contributed by atoms with Crippen LogP contribution in [0.3, 0.4) is 0 Å². The number of thiazole rings is 1. The van der Waals surface area contributed by atoms with E-state index in [1.54, 1.807) is 24.3 Å². The maximum atomic E-state index is 12.3. The Balaban J connectivity index is 1.79. The maximum Gasteiger partial charge on any atom is 0.264 e. The van der Waals surface area contributed by atoms with Gasteiger partial charge in [0.05, 0.1) is 16.7 Å². The van der Waals surface area contributed by atoms with E-state index in [2.05, 4.69) is 20.3 Å². The fraction of sp³-hybridized carbons (Fsp3) is 0.176. The number of benzene rings is 1. The first kappa shape index (κ1) is 17.3. The fourth-order valence-corrected chi connectivity index (χ4v) is 3.07. The van der Waals surface area contributed by atoms with E-state index in [1.807, 2.05) is 19.2 Å². The summed E-state index contributed by atoms with van der Waals surface area (Å²) >= 11 is 7.36. The smallest absolute Gasteiger partial charge is 0.264 e. The van der Waals surface area contributed by atoms with Gasteiger partial charge >= 0.3 is 0 Å². The van der Waals surface area contributed by atoms with Crippen LogP contribution in [0.2, 0.25) is 5.02 Å². The summed E-state index contributed by atoms with van der Waals surface area (Å²) in [5, 5.41) is 6.15. The van der Waals surface area contributed by atoms with E-state index in [0.717, 1.165) is 10.7 Å². The molecule has 0 spiro atoms. The van der Waals surface area contributed by atoms with Gasteiger partial charge in [-0.25, -0.2) is 9.97 Å². The molecule has 0 aliphatic carbocycles. The van der Waals surface area contributed by atoms with Crippen molar-refractivity contribution in [2.24, 2.45) is 0 Å². The van der Waals surface area contributed by atoms with Gasteiger partial charge in [0, 0.05) is 22.2 Å². The van der Waals surface area contributed by atoms with Crippen LogP contribution in [-0.2, 0) is 0 Å². The summed E-state index contributed by atoms with van der Waals surface area (Å²) < 4.78 is 0. The van der Waals surface area contributed by atoms with E-state index >= 15 is 0 Å². The van der Waals surface area contributed by atoms with Gasteiger partial charge in [0.15, 0.2) is 0 Å². The topological polar surface area (TPSA) is 87.7 Å². The number of carbonyl (C=O) groups is 1. The zero-order valence-electron chi connectivity index (χ0n) is 13.5. The van der Waals surface area contributed by atoms with Crippen molar-refractivity contribution >= 4 is 28.8 Å². The van der Waals surface area contributed by atoms with Crippen LogP contribution in [-0.4, -0.2) is 20.9 Å². The molecule has 0 bridgehead atoms. The molecule has 1 aromatic carbocycles. The van der Waals surface area contributed by atoms with Gasteiger partial charge in [0.1, 0.15) is 11.4 Å². The van der Waals surface area contributed by atoms with Crippen molar-refractivity contribution in [3.8, 4) is 11.4 Å². The van der Waals surface area contributed by atoms with Gasteiger partial charge in [0.2, 0.25) is 0 Å². The van der Waals surface area contributed by atoms with Crippen LogP contribution in [0.1, 0.15) is 34.0 Å². The van der Waals surface area contributed by atoms with Gasteiger partial charge in [0.25, 0.3) is 11.5 Å². The maximum absolute atomic E-state index is 12.3. The molecule has 0 aliphatic rings. The lowest BCUT2D eigenvalue weighted by molar-refractivity contribution is 0.0937. The third-order valence-electron chi connectivity index (χ3n) is 3.59. The standard InChI is InChI=1S/C17H15ClN4O2S/c1-9(14-8-25-10(2)21-14)20-16(23)13-7-19-15(22-17(13)24)11-3-5-12(18)6-4-11/h3-9H,1-2H3,(H,20,23)(H,19,22,24). The first-order valence-electron chi connectivity index (χ1n) is 7.52. The quantitative estimate of drug-likeness (QED) is 0.733. The lowest BCUT2D eigenvalue weighted by Crippen LogP contribution is -2.32. The van der Waals surface area contributed by atoms with Gasteiger partial charge in [-0.2, -0.15) is 0 Å². The molecule has 1 atom stereocenters. The van der Waals surface area contributed by atoms with Crippen molar-refractivity contribution < 1.29 is 4.79 Å². The van der Waals surface area contributed by atoms with E-state index in [1.165, 1.54) is 17.5 Å². The van der Waals surface area contributed by atoms with Crippen LogP contribution >= 0.6 is 22.9 Å². The van der Waals surface area contributed by atoms with Crippen molar-refractivity contribution in [2.75, 3.05) is 0 Å². The summed E-state index contributed by atoms with van der Waals surface area (Å²) in [6.07, 6.45) is 1.27. The largest absolute Gasteiger partial charge is 0.344 e. The SMILES string of the molecule is Cc1nc(C(C)NC(=O)c2cnc(-c3ccc(Cl)cc3)[nH]c2=O)cs1. The van der Waals surface area contributed by atoms with Gasteiger partial charge < -0.3 is 10.3 Å². The molecular formula is C17H15ClN4O2S. The summed E-state index contributed by atoms with van der Waals surface area (Å²) in [6.45, 7) is 3.71. The summed E-state index contributed by atoms with van der Waals surface area (Å²) in [5.74, 6) is -0.115. The van der Waals surface area contributed by atoms with Gasteiger partial charge in [-0.3, -0.25) is 9.59 Å². The first-order valence-corrected chi connectivity index (χ1v) is 8.78. The Morgan fingerprint density at radius 1 is 1.32 bits per heavy atom. The molecule has 0 saturated heterocycles. The second-order valence-corrected chi connectivity index (χ2v) is 6.97. The Kier molecular flexibility index (Phi) is 4.96. The number of aromatic nitrogens is 3. The molecule has 2 heterocycles. The highest BCUT2D eigenvalue weighted by atomic mass is 35.5. The van der Waals surface area contributed by atoms with Gasteiger partial charge in [-0.15, -0.1) is 11.3 Å². The number of carbonyl (C=O) groups excluding carboxylic acids is 1. The monoisotopic (exact) mass is 374 g/mol. The van der Waals surface area contributed by atoms with Crippen LogP contribution in [0, 0.1) is 6.92 Å². The van der Waals surface area contributed by atoms with Crippen molar-refractivity contribution in [1.29, 1.82) is 0 Å². The number of H-pyrrole nitrogens is 1. The third-order valence-corrected chi connectivity index (χ3v) is 4.63. The van der Waals surface area contributed by atoms with E-state index < -0.39 is 11.5 Å². The van der Waals surface area contributed by atoms with E-state index in [4.69, 9.17) is 11.6 Å². The van der Waals surface area contributed by atoms with E-state index in [9.17, 15) is 9.59 Å². The Hall–Kier alpha value is -2.51. The van der Waals surface area contributed by atoms with E-state index in [0.29, 0.717) is 16.4 Å². The molecule has 0 radical (unpaired) electrons. The zero-order valence-corrected chi connectivity index (χ0v) is 15.1. The summed E-state index contributed by atoms with van der Waals surface area (Å²) in [4.78, 5) is 35.7. The second kappa shape index (κ2) is 7.16. The molecule has 2 N–H and O–H groups in total. The zero-order chi connectivity index (χ0) is 18.0. The first-order chi connectivity index (χ1) is 11.9. The van der Waals surface area contributed by atoms with Crippen LogP contribution in [0.4, 0.5) is 0 Å². The molecule has 128 valence electrons. The summed E-state index contributed by atoms with van der Waals surface area (Å²) in [5.41, 5.74) is 0.924. The van der Waals surface area contributed by atoms with E-state index in [-0.39, 0.29) is 11.6 Å². The van der Waals surface area contributed by atoms with Crippen molar-refractivity contribution in [1.82, 2.24) is 20.3 Å². The highest BCUT2D eigenvalue weighted by Gasteiger charge is 2.17. The predicted molar refractivity (Wildman–Crippen MR) is 98.0 cm³/mol. The third kappa shape index (κ3) is 3.94. The van der Waals surface area contributed by atoms with Crippen LogP contribution in [0.15, 0.2) is 40.6 Å². The number of hydrogen-bond acceptors (Lipinski definition) is 5. The highest BCUT2D eigenvalue weighted by molar-refractivity contribution is 7.09. The average molecular weight is 375 g/mol. The highest BCUT2D eigenvalue weighted by Crippen LogP contribution is 2.18. The van der Waals surface area contributed by atoms with Crippen LogP contribution in [0.25, 0.3) is 11.4 Å². The number of nitrogens with zero attached hydrogens (tertiary/aromatic N) is 2. The van der Waals surface area contributed by atoms with Crippen molar-refractivity contribution in [2.45, 2.75) is 19.9 Å². The second-order valence-electron chi connectivity index (χ2n) is 5.47. The molecule has 8 heteroatoms. The molecule has 0 fully saturated rings. The number of nitrogens with one attached hydrogen (secondary N) is 2. The summed E-state index contributed by atoms with van der Waals surface area (Å²) in [7, 11) is 0. The lowest BCUT2D eigenvalue weighted by atomic mass is 10.2. The molecule has 25 heavy (non-hydrogen) atoms. The number of aromatic amines is 1. The lowest BCUT2D eigenvalue weighted by Gasteiger charge is -2.11. The average Bonchev–Trinajstić information content (AvgIpc) is 3.02. The molecule has 2 aromatic heterocycles. The Bertz CT molecular complexity index is 965. The number of rotatable bonds is 4. The molecule has 3 rings (SSSR count). The molecule has 0 aliphatic heterocycles. The Morgan fingerprint density at radius 3 is 2.64 bits per heavy atom. The fourth-order valence-electron chi connectivity index (χ4n) is 2.24. The molecule has 3 aromatic rings. The molecule has 1 amide bonds. The van der Waals surface area contributed by atoms with Crippen molar-refractivity contribution in [3.63, 3.8) is 0 Å². The molecule has 0 saturated carbocycles. The summed E-state index contributed by atoms with van der Waals surface area (Å²) in [6, 6.07) is 6.59. The number of aryl methyl sites for hydroxylation is 1. The Labute approximate surface area is 152 Å². The minimum absolute atomic E-state index is 0.0449. The van der Waals surface area contributed by atoms with Crippen molar-refractivity contribution in [3.05, 3.63) is 67.5 Å². The number of hydrogen-bond donors (Lipinski definition) is 2. The minimum atomic E-state index is -0.501. The number of amides is 1. The molecular weight excluding hydrogens is 360 g/mol. The van der Waals surface area contributed by atoms with Crippen LogP contribution in [0.5, 0.6) is 0 Å². The van der Waals surface area contributed by atoms with Gasteiger partial charge in [-0.1, -0.05) is 11.6 Å². The van der Waals surface area contributed by atoms with Gasteiger partial charge in [-0.05, 0) is 38.1 Å². The number of halogens is 1. The molecule has 1 unspecified atom stereocenters. The minimum Gasteiger partial charge on any atom is -0.344 e.